The number of nitrogens with zero attached hydrogens (tertiary/aromatic N) is 1. The minimum atomic E-state index is -0.286. The van der Waals surface area contributed by atoms with Crippen LogP contribution in [0.2, 0.25) is 0 Å². The van der Waals surface area contributed by atoms with Gasteiger partial charge in [0.2, 0.25) is 5.91 Å². The van der Waals surface area contributed by atoms with Crippen LogP contribution in [0, 0.1) is 0 Å². The van der Waals surface area contributed by atoms with E-state index in [4.69, 9.17) is 0 Å². The maximum Gasteiger partial charge on any atom is 0.251 e. The second-order valence-corrected chi connectivity index (χ2v) is 5.79. The van der Waals surface area contributed by atoms with Gasteiger partial charge >= 0.3 is 0 Å². The fourth-order valence-corrected chi connectivity index (χ4v) is 2.70. The fourth-order valence-electron chi connectivity index (χ4n) is 2.70. The van der Waals surface area contributed by atoms with Crippen LogP contribution in [0.25, 0.3) is 10.9 Å². The topological polar surface area (TPSA) is 86.9 Å². The van der Waals surface area contributed by atoms with E-state index in [9.17, 15) is 9.59 Å². The smallest absolute Gasteiger partial charge is 0.251 e. The van der Waals surface area contributed by atoms with E-state index in [1.54, 1.807) is 24.4 Å². The SMILES string of the molecule is CCC(NC(=O)CNC(=O)c1ccc2[nH]ncc2c1)c1ccccc1. The lowest BCUT2D eigenvalue weighted by Crippen LogP contribution is -2.38. The molecule has 2 aromatic carbocycles. The highest BCUT2D eigenvalue weighted by Crippen LogP contribution is 2.15. The molecule has 0 aliphatic rings. The van der Waals surface area contributed by atoms with Crippen LogP contribution in [0.15, 0.2) is 54.7 Å². The number of hydrogen-bond acceptors (Lipinski definition) is 3. The van der Waals surface area contributed by atoms with Crippen molar-refractivity contribution >= 4 is 22.7 Å². The molecule has 0 saturated carbocycles. The second kappa shape index (κ2) is 7.61. The molecule has 0 spiro atoms. The average molecular weight is 336 g/mol. The van der Waals surface area contributed by atoms with Crippen molar-refractivity contribution in [3.8, 4) is 0 Å². The average Bonchev–Trinajstić information content (AvgIpc) is 3.12. The van der Waals surface area contributed by atoms with Gasteiger partial charge in [-0.15, -0.1) is 0 Å². The molecule has 2 amide bonds. The lowest BCUT2D eigenvalue weighted by molar-refractivity contribution is -0.120. The van der Waals surface area contributed by atoms with Gasteiger partial charge in [-0.05, 0) is 30.2 Å². The van der Waals surface area contributed by atoms with E-state index >= 15 is 0 Å². The minimum absolute atomic E-state index is 0.0621. The second-order valence-electron chi connectivity index (χ2n) is 5.79. The van der Waals surface area contributed by atoms with E-state index in [0.29, 0.717) is 5.56 Å². The maximum absolute atomic E-state index is 12.2. The zero-order valence-electron chi connectivity index (χ0n) is 14.0. The van der Waals surface area contributed by atoms with Crippen LogP contribution < -0.4 is 10.6 Å². The number of amides is 2. The Morgan fingerprint density at radius 3 is 2.72 bits per heavy atom. The molecule has 6 heteroatoms. The van der Waals surface area contributed by atoms with Gasteiger partial charge in [0.1, 0.15) is 0 Å². The number of aromatic amines is 1. The third-order valence-electron chi connectivity index (χ3n) is 4.06. The summed E-state index contributed by atoms with van der Waals surface area (Å²) in [6.07, 6.45) is 2.44. The number of nitrogens with one attached hydrogen (secondary N) is 3. The Bertz CT molecular complexity index is 873. The first kappa shape index (κ1) is 16.7. The Morgan fingerprint density at radius 2 is 1.96 bits per heavy atom. The molecule has 1 unspecified atom stereocenters. The Labute approximate surface area is 145 Å². The van der Waals surface area contributed by atoms with E-state index in [2.05, 4.69) is 20.8 Å². The van der Waals surface area contributed by atoms with Crippen molar-refractivity contribution < 1.29 is 9.59 Å². The van der Waals surface area contributed by atoms with E-state index < -0.39 is 0 Å². The predicted octanol–water partition coefficient (Wildman–Crippen LogP) is 2.56. The van der Waals surface area contributed by atoms with Crippen LogP contribution >= 0.6 is 0 Å². The van der Waals surface area contributed by atoms with Crippen molar-refractivity contribution in [2.75, 3.05) is 6.54 Å². The molecule has 3 rings (SSSR count). The fraction of sp³-hybridized carbons (Fsp3) is 0.211. The van der Waals surface area contributed by atoms with Gasteiger partial charge in [0.05, 0.1) is 24.3 Å². The molecular formula is C19H20N4O2. The van der Waals surface area contributed by atoms with Crippen molar-refractivity contribution in [1.82, 2.24) is 20.8 Å². The summed E-state index contributed by atoms with van der Waals surface area (Å²) in [5.41, 5.74) is 2.41. The number of rotatable bonds is 6. The number of aromatic nitrogens is 2. The lowest BCUT2D eigenvalue weighted by Gasteiger charge is -2.17. The summed E-state index contributed by atoms with van der Waals surface area (Å²) < 4.78 is 0. The van der Waals surface area contributed by atoms with E-state index in [-0.39, 0.29) is 24.4 Å². The van der Waals surface area contributed by atoms with Crippen molar-refractivity contribution in [3.63, 3.8) is 0 Å². The molecule has 0 saturated heterocycles. The van der Waals surface area contributed by atoms with Gasteiger partial charge in [0.25, 0.3) is 5.91 Å². The van der Waals surface area contributed by atoms with E-state index in [1.807, 2.05) is 37.3 Å². The highest BCUT2D eigenvalue weighted by Gasteiger charge is 2.14. The maximum atomic E-state index is 12.2. The quantitative estimate of drug-likeness (QED) is 0.646. The molecule has 1 atom stereocenters. The van der Waals surface area contributed by atoms with Crippen LogP contribution in [-0.4, -0.2) is 28.6 Å². The van der Waals surface area contributed by atoms with Crippen molar-refractivity contribution in [2.45, 2.75) is 19.4 Å². The van der Waals surface area contributed by atoms with Crippen LogP contribution in [0.1, 0.15) is 35.3 Å². The van der Waals surface area contributed by atoms with Crippen LogP contribution in [-0.2, 0) is 4.79 Å². The Balaban J connectivity index is 1.56. The molecule has 0 aliphatic heterocycles. The molecule has 0 fully saturated rings. The van der Waals surface area contributed by atoms with Gasteiger partial charge in [-0.3, -0.25) is 14.7 Å². The van der Waals surface area contributed by atoms with Gasteiger partial charge in [0, 0.05) is 10.9 Å². The normalized spacial score (nSPS) is 11.9. The summed E-state index contributed by atoms with van der Waals surface area (Å²) in [5, 5.41) is 13.2. The van der Waals surface area contributed by atoms with Crippen LogP contribution in [0.5, 0.6) is 0 Å². The summed E-state index contributed by atoms with van der Waals surface area (Å²) in [6, 6.07) is 15.0. The summed E-state index contributed by atoms with van der Waals surface area (Å²) in [7, 11) is 0. The number of carbonyl (C=O) groups is 2. The van der Waals surface area contributed by atoms with Gasteiger partial charge < -0.3 is 10.6 Å². The molecule has 1 aromatic heterocycles. The highest BCUT2D eigenvalue weighted by atomic mass is 16.2. The first-order chi connectivity index (χ1) is 12.2. The first-order valence-electron chi connectivity index (χ1n) is 8.23. The first-order valence-corrected chi connectivity index (χ1v) is 8.23. The zero-order chi connectivity index (χ0) is 17.6. The Hall–Kier alpha value is -3.15. The number of benzene rings is 2. The Kier molecular flexibility index (Phi) is 5.09. The largest absolute Gasteiger partial charge is 0.348 e. The molecular weight excluding hydrogens is 316 g/mol. The van der Waals surface area contributed by atoms with Gasteiger partial charge in [0.15, 0.2) is 0 Å². The molecule has 6 nitrogen and oxygen atoms in total. The molecule has 3 N–H and O–H groups in total. The molecule has 128 valence electrons. The Morgan fingerprint density at radius 1 is 1.16 bits per heavy atom. The minimum Gasteiger partial charge on any atom is -0.348 e. The summed E-state index contributed by atoms with van der Waals surface area (Å²) in [4.78, 5) is 24.4. The predicted molar refractivity (Wildman–Crippen MR) is 96.0 cm³/mol. The van der Waals surface area contributed by atoms with Crippen LogP contribution in [0.4, 0.5) is 0 Å². The van der Waals surface area contributed by atoms with Gasteiger partial charge in [-0.1, -0.05) is 37.3 Å². The van der Waals surface area contributed by atoms with Crippen molar-refractivity contribution in [2.24, 2.45) is 0 Å². The summed E-state index contributed by atoms with van der Waals surface area (Å²) in [6.45, 7) is 1.95. The number of H-pyrrole nitrogens is 1. The summed E-state index contributed by atoms with van der Waals surface area (Å²) >= 11 is 0. The van der Waals surface area contributed by atoms with Gasteiger partial charge in [-0.2, -0.15) is 5.10 Å². The third-order valence-corrected chi connectivity index (χ3v) is 4.06. The highest BCUT2D eigenvalue weighted by molar-refractivity contribution is 5.99. The van der Waals surface area contributed by atoms with E-state index in [0.717, 1.165) is 22.9 Å². The molecule has 0 aliphatic carbocycles. The van der Waals surface area contributed by atoms with Crippen molar-refractivity contribution in [3.05, 3.63) is 65.9 Å². The summed E-state index contributed by atoms with van der Waals surface area (Å²) in [5.74, 6) is -0.501. The number of carbonyl (C=O) groups excluding carboxylic acids is 2. The number of fused-ring (bicyclic) bond motifs is 1. The molecule has 25 heavy (non-hydrogen) atoms. The molecule has 1 heterocycles. The molecule has 0 bridgehead atoms. The zero-order valence-corrected chi connectivity index (χ0v) is 14.0. The molecule has 0 radical (unpaired) electrons. The lowest BCUT2D eigenvalue weighted by atomic mass is 10.0. The number of hydrogen-bond donors (Lipinski definition) is 3. The molecule has 3 aromatic rings. The third kappa shape index (κ3) is 4.03. The van der Waals surface area contributed by atoms with Crippen LogP contribution in [0.3, 0.4) is 0 Å². The van der Waals surface area contributed by atoms with Gasteiger partial charge in [-0.25, -0.2) is 0 Å². The monoisotopic (exact) mass is 336 g/mol. The van der Waals surface area contributed by atoms with E-state index in [1.165, 1.54) is 0 Å². The van der Waals surface area contributed by atoms with Crippen molar-refractivity contribution in [1.29, 1.82) is 0 Å². The standard InChI is InChI=1S/C19H20N4O2/c1-2-16(13-6-4-3-5-7-13)22-18(24)12-20-19(25)14-8-9-17-15(10-14)11-21-23-17/h3-11,16H,2,12H2,1H3,(H,20,25)(H,21,23)(H,22,24).